The van der Waals surface area contributed by atoms with E-state index in [1.807, 2.05) is 24.3 Å². The molecule has 2 saturated heterocycles. The fraction of sp³-hybridized carbons (Fsp3) is 0.500. The fourth-order valence-electron chi connectivity index (χ4n) is 3.92. The van der Waals surface area contributed by atoms with Gasteiger partial charge in [-0.25, -0.2) is 4.79 Å². The number of benzene rings is 1. The number of hydrogen-bond acceptors (Lipinski definition) is 4. The normalized spacial score (nSPS) is 28.2. The van der Waals surface area contributed by atoms with Crippen molar-refractivity contribution in [3.05, 3.63) is 40.2 Å². The molecule has 1 aromatic carbocycles. The Morgan fingerprint density at radius 2 is 1.91 bits per heavy atom. The highest BCUT2D eigenvalue weighted by Gasteiger charge is 2.39. The van der Waals surface area contributed by atoms with Crippen molar-refractivity contribution in [1.29, 1.82) is 0 Å². The second kappa shape index (κ2) is 5.13. The molecular formula is C18H21NO3. The first-order chi connectivity index (χ1) is 10.6. The Hall–Kier alpha value is -1.81. The van der Waals surface area contributed by atoms with Crippen molar-refractivity contribution in [2.45, 2.75) is 50.8 Å². The van der Waals surface area contributed by atoms with E-state index < -0.39 is 0 Å². The van der Waals surface area contributed by atoms with E-state index >= 15 is 0 Å². The van der Waals surface area contributed by atoms with Crippen LogP contribution in [0.5, 0.6) is 5.75 Å². The Labute approximate surface area is 129 Å². The zero-order chi connectivity index (χ0) is 15.3. The molecule has 2 bridgehead atoms. The summed E-state index contributed by atoms with van der Waals surface area (Å²) in [6.07, 6.45) is 5.01. The minimum Gasteiger partial charge on any atom is -0.490 e. The number of fused-ring (bicyclic) bond motifs is 3. The molecule has 22 heavy (non-hydrogen) atoms. The van der Waals surface area contributed by atoms with Crippen LogP contribution in [0.15, 0.2) is 33.5 Å². The Balaban J connectivity index is 1.57. The van der Waals surface area contributed by atoms with Crippen LogP contribution in [0.3, 0.4) is 0 Å². The van der Waals surface area contributed by atoms with Gasteiger partial charge < -0.3 is 14.1 Å². The van der Waals surface area contributed by atoms with Crippen LogP contribution in [0.2, 0.25) is 0 Å². The zero-order valence-corrected chi connectivity index (χ0v) is 13.0. The highest BCUT2D eigenvalue weighted by atomic mass is 16.5. The molecule has 0 N–H and O–H groups in total. The number of ether oxygens (including phenoxy) is 1. The number of piperidine rings is 1. The molecule has 2 atom stereocenters. The number of nitrogens with zero attached hydrogens (tertiary/aromatic N) is 1. The molecule has 0 amide bonds. The van der Waals surface area contributed by atoms with E-state index in [4.69, 9.17) is 9.15 Å². The van der Waals surface area contributed by atoms with Crippen LogP contribution in [0.1, 0.15) is 31.2 Å². The number of aryl methyl sites for hydroxylation is 1. The van der Waals surface area contributed by atoms with Gasteiger partial charge in [0.25, 0.3) is 0 Å². The summed E-state index contributed by atoms with van der Waals surface area (Å²) in [7, 11) is 2.23. The average molecular weight is 299 g/mol. The van der Waals surface area contributed by atoms with Gasteiger partial charge in [0.05, 0.1) is 0 Å². The highest BCUT2D eigenvalue weighted by Crippen LogP contribution is 2.36. The van der Waals surface area contributed by atoms with Gasteiger partial charge in [-0.3, -0.25) is 0 Å². The summed E-state index contributed by atoms with van der Waals surface area (Å²) in [6.45, 7) is 1.77. The van der Waals surface area contributed by atoms with Crippen LogP contribution in [-0.4, -0.2) is 30.1 Å². The summed E-state index contributed by atoms with van der Waals surface area (Å²) in [6, 6.07) is 8.96. The summed E-state index contributed by atoms with van der Waals surface area (Å²) in [5.41, 5.74) is 0.957. The predicted molar refractivity (Wildman–Crippen MR) is 85.4 cm³/mol. The van der Waals surface area contributed by atoms with E-state index in [9.17, 15) is 4.79 Å². The molecule has 0 aliphatic carbocycles. The van der Waals surface area contributed by atoms with Crippen molar-refractivity contribution in [2.75, 3.05) is 7.05 Å². The monoisotopic (exact) mass is 299 g/mol. The van der Waals surface area contributed by atoms with Crippen LogP contribution < -0.4 is 10.4 Å². The second-order valence-corrected chi connectivity index (χ2v) is 6.68. The van der Waals surface area contributed by atoms with Gasteiger partial charge in [0.1, 0.15) is 17.4 Å². The Morgan fingerprint density at radius 1 is 1.18 bits per heavy atom. The van der Waals surface area contributed by atoms with Gasteiger partial charge in [-0.2, -0.15) is 0 Å². The average Bonchev–Trinajstić information content (AvgIpc) is 2.71. The van der Waals surface area contributed by atoms with Crippen molar-refractivity contribution < 1.29 is 9.15 Å². The van der Waals surface area contributed by atoms with E-state index in [0.717, 1.165) is 24.0 Å². The van der Waals surface area contributed by atoms with E-state index in [2.05, 4.69) is 11.9 Å². The largest absolute Gasteiger partial charge is 0.490 e. The Morgan fingerprint density at radius 3 is 2.64 bits per heavy atom. The molecule has 4 nitrogen and oxygen atoms in total. The van der Waals surface area contributed by atoms with Crippen LogP contribution in [-0.2, 0) is 0 Å². The standard InChI is InChI=1S/C18H21NO3/c1-11-7-12-3-6-15(10-17(12)22-18(11)20)21-16-8-13-4-5-14(9-16)19(13)2/h3,6-7,10,13-14,16H,4-5,8-9H2,1-2H3/t13-,14-/m1/s1. The third-order valence-corrected chi connectivity index (χ3v) is 5.24. The van der Waals surface area contributed by atoms with Gasteiger partial charge in [0.15, 0.2) is 0 Å². The molecule has 2 aliphatic heterocycles. The van der Waals surface area contributed by atoms with Crippen LogP contribution in [0.25, 0.3) is 11.0 Å². The second-order valence-electron chi connectivity index (χ2n) is 6.68. The third-order valence-electron chi connectivity index (χ3n) is 5.24. The maximum absolute atomic E-state index is 11.7. The maximum atomic E-state index is 11.7. The lowest BCUT2D eigenvalue weighted by molar-refractivity contribution is 0.0662. The minimum atomic E-state index is -0.276. The number of hydrogen-bond donors (Lipinski definition) is 0. The van der Waals surface area contributed by atoms with Gasteiger partial charge in [-0.15, -0.1) is 0 Å². The quantitative estimate of drug-likeness (QED) is 0.799. The highest BCUT2D eigenvalue weighted by molar-refractivity contribution is 5.78. The van der Waals surface area contributed by atoms with E-state index in [1.165, 1.54) is 12.8 Å². The van der Waals surface area contributed by atoms with Gasteiger partial charge >= 0.3 is 5.63 Å². The summed E-state index contributed by atoms with van der Waals surface area (Å²) in [5.74, 6) is 0.799. The Kier molecular flexibility index (Phi) is 3.22. The van der Waals surface area contributed by atoms with Crippen molar-refractivity contribution in [1.82, 2.24) is 4.90 Å². The lowest BCUT2D eigenvalue weighted by Gasteiger charge is -2.36. The molecule has 2 fully saturated rings. The molecule has 0 unspecified atom stereocenters. The van der Waals surface area contributed by atoms with Crippen molar-refractivity contribution in [3.63, 3.8) is 0 Å². The third kappa shape index (κ3) is 2.31. The Bertz CT molecular complexity index is 753. The maximum Gasteiger partial charge on any atom is 0.339 e. The lowest BCUT2D eigenvalue weighted by Crippen LogP contribution is -2.43. The summed E-state index contributed by atoms with van der Waals surface area (Å²) in [4.78, 5) is 14.2. The zero-order valence-electron chi connectivity index (χ0n) is 13.0. The SMILES string of the molecule is Cc1cc2ccc(OC3C[C@H]4CC[C@H](C3)N4C)cc2oc1=O. The molecule has 2 aromatic rings. The first-order valence-electron chi connectivity index (χ1n) is 8.03. The predicted octanol–water partition coefficient (Wildman–Crippen LogP) is 3.11. The molecule has 0 radical (unpaired) electrons. The van der Waals surface area contributed by atoms with Crippen LogP contribution >= 0.6 is 0 Å². The summed E-state index contributed by atoms with van der Waals surface area (Å²) in [5, 5.41) is 0.938. The topological polar surface area (TPSA) is 42.7 Å². The smallest absolute Gasteiger partial charge is 0.339 e. The van der Waals surface area contributed by atoms with E-state index in [-0.39, 0.29) is 11.7 Å². The molecule has 1 aromatic heterocycles. The fourth-order valence-corrected chi connectivity index (χ4v) is 3.92. The van der Waals surface area contributed by atoms with Gasteiger partial charge in [-0.05, 0) is 57.9 Å². The molecule has 4 heteroatoms. The summed E-state index contributed by atoms with van der Waals surface area (Å²) >= 11 is 0. The minimum absolute atomic E-state index is 0.267. The molecule has 0 saturated carbocycles. The molecule has 2 aliphatic rings. The van der Waals surface area contributed by atoms with Crippen LogP contribution in [0, 0.1) is 6.92 Å². The molecule has 4 rings (SSSR count). The molecule has 116 valence electrons. The molecule has 0 spiro atoms. The van der Waals surface area contributed by atoms with Gasteiger partial charge in [-0.1, -0.05) is 0 Å². The van der Waals surface area contributed by atoms with Crippen molar-refractivity contribution >= 4 is 11.0 Å². The van der Waals surface area contributed by atoms with Crippen LogP contribution in [0.4, 0.5) is 0 Å². The molecular weight excluding hydrogens is 278 g/mol. The van der Waals surface area contributed by atoms with E-state index in [0.29, 0.717) is 23.2 Å². The first kappa shape index (κ1) is 13.8. The van der Waals surface area contributed by atoms with Gasteiger partial charge in [0.2, 0.25) is 0 Å². The van der Waals surface area contributed by atoms with Crippen molar-refractivity contribution in [2.24, 2.45) is 0 Å². The first-order valence-corrected chi connectivity index (χ1v) is 8.03. The van der Waals surface area contributed by atoms with Gasteiger partial charge in [0, 0.05) is 29.1 Å². The number of rotatable bonds is 2. The summed E-state index contributed by atoms with van der Waals surface area (Å²) < 4.78 is 11.5. The molecule has 3 heterocycles. The van der Waals surface area contributed by atoms with Crippen molar-refractivity contribution in [3.8, 4) is 5.75 Å². The van der Waals surface area contributed by atoms with E-state index in [1.54, 1.807) is 6.92 Å². The lowest BCUT2D eigenvalue weighted by atomic mass is 10.0.